The number of piperazine rings is 1. The maximum Gasteiger partial charge on any atom is 0.287 e. The van der Waals surface area contributed by atoms with Crippen LogP contribution in [0.25, 0.3) is 10.2 Å². The number of nitro groups is 1. The van der Waals surface area contributed by atoms with Crippen molar-refractivity contribution in [2.24, 2.45) is 0 Å². The number of carbonyl (C=O) groups is 1. The number of hydrogen-bond donors (Lipinski definition) is 0. The highest BCUT2D eigenvalue weighted by Gasteiger charge is 2.28. The zero-order chi connectivity index (χ0) is 22.8. The Morgan fingerprint density at radius 1 is 1.22 bits per heavy atom. The van der Waals surface area contributed by atoms with Gasteiger partial charge in [-0.1, -0.05) is 0 Å². The molecule has 168 valence electrons. The third-order valence-electron chi connectivity index (χ3n) is 5.30. The minimum absolute atomic E-state index is 0.0463. The number of hydrogen-bond acceptors (Lipinski definition) is 10. The fourth-order valence-corrected chi connectivity index (χ4v) is 4.80. The van der Waals surface area contributed by atoms with Crippen LogP contribution in [0.5, 0.6) is 5.88 Å². The average Bonchev–Trinajstić information content (AvgIpc) is 3.14. The monoisotopic (exact) mass is 458 g/mol. The van der Waals surface area contributed by atoms with Crippen LogP contribution in [0.4, 0.5) is 11.5 Å². The van der Waals surface area contributed by atoms with Crippen LogP contribution in [-0.2, 0) is 11.3 Å². The van der Waals surface area contributed by atoms with Crippen molar-refractivity contribution in [3.8, 4) is 5.88 Å². The molecule has 4 rings (SSSR count). The lowest BCUT2D eigenvalue weighted by atomic mass is 10.2. The minimum atomic E-state index is -0.474. The second-order valence-corrected chi connectivity index (χ2v) is 8.23. The summed E-state index contributed by atoms with van der Waals surface area (Å²) in [6.45, 7) is 4.34. The lowest BCUT2D eigenvalue weighted by molar-refractivity contribution is -0.385. The summed E-state index contributed by atoms with van der Waals surface area (Å²) in [4.78, 5) is 41.8. The Bertz CT molecular complexity index is 1160. The standard InChI is InChI=1S/C20H22N6O5S/c1-12-16-18(31-3)22-14(11-30-2)23-19(16)32-17(12)20(27)25-8-6-24(7-9-25)15-5-4-13(10-21-15)26(28)29/h4-5,10H,6-9,11H2,1-3H3. The Balaban J connectivity index is 1.51. The van der Waals surface area contributed by atoms with Crippen molar-refractivity contribution in [3.05, 3.63) is 44.7 Å². The van der Waals surface area contributed by atoms with Gasteiger partial charge in [-0.25, -0.2) is 9.97 Å². The van der Waals surface area contributed by atoms with Crippen molar-refractivity contribution < 1.29 is 19.2 Å². The molecule has 11 nitrogen and oxygen atoms in total. The SMILES string of the molecule is COCc1nc(OC)c2c(C)c(C(=O)N3CCN(c4ccc([N+](=O)[O-])cn4)CC3)sc2n1. The molecule has 1 fully saturated rings. The average molecular weight is 459 g/mol. The fraction of sp³-hybridized carbons (Fsp3) is 0.400. The molecule has 0 saturated carbocycles. The highest BCUT2D eigenvalue weighted by Crippen LogP contribution is 2.36. The second-order valence-electron chi connectivity index (χ2n) is 7.23. The van der Waals surface area contributed by atoms with E-state index in [1.807, 2.05) is 11.8 Å². The maximum absolute atomic E-state index is 13.3. The molecule has 0 radical (unpaired) electrons. The lowest BCUT2D eigenvalue weighted by Gasteiger charge is -2.35. The van der Waals surface area contributed by atoms with Crippen LogP contribution in [0.3, 0.4) is 0 Å². The normalized spacial score (nSPS) is 14.1. The van der Waals surface area contributed by atoms with E-state index in [1.165, 1.54) is 23.6 Å². The first-order chi connectivity index (χ1) is 15.4. The van der Waals surface area contributed by atoms with Crippen LogP contribution >= 0.6 is 11.3 Å². The van der Waals surface area contributed by atoms with Gasteiger partial charge in [-0.15, -0.1) is 11.3 Å². The highest BCUT2D eigenvalue weighted by molar-refractivity contribution is 7.20. The third kappa shape index (κ3) is 4.06. The van der Waals surface area contributed by atoms with Crippen LogP contribution in [-0.4, -0.2) is 71.1 Å². The maximum atomic E-state index is 13.3. The van der Waals surface area contributed by atoms with Gasteiger partial charge in [-0.05, 0) is 18.6 Å². The molecule has 0 atom stereocenters. The molecular weight excluding hydrogens is 436 g/mol. The Hall–Kier alpha value is -3.38. The van der Waals surface area contributed by atoms with Crippen LogP contribution in [0.15, 0.2) is 18.3 Å². The number of aryl methyl sites for hydroxylation is 1. The van der Waals surface area contributed by atoms with Crippen molar-refractivity contribution in [3.63, 3.8) is 0 Å². The van der Waals surface area contributed by atoms with Crippen molar-refractivity contribution in [2.75, 3.05) is 45.3 Å². The summed E-state index contributed by atoms with van der Waals surface area (Å²) >= 11 is 1.33. The van der Waals surface area contributed by atoms with Gasteiger partial charge in [0.05, 0.1) is 22.3 Å². The van der Waals surface area contributed by atoms with E-state index in [2.05, 4.69) is 15.0 Å². The van der Waals surface area contributed by atoms with Gasteiger partial charge in [-0.2, -0.15) is 4.98 Å². The van der Waals surface area contributed by atoms with E-state index in [4.69, 9.17) is 9.47 Å². The van der Waals surface area contributed by atoms with Crippen LogP contribution < -0.4 is 9.64 Å². The predicted molar refractivity (Wildman–Crippen MR) is 118 cm³/mol. The van der Waals surface area contributed by atoms with Crippen molar-refractivity contribution in [1.29, 1.82) is 0 Å². The van der Waals surface area contributed by atoms with Gasteiger partial charge in [0, 0.05) is 39.4 Å². The zero-order valence-electron chi connectivity index (χ0n) is 17.9. The van der Waals surface area contributed by atoms with E-state index in [9.17, 15) is 14.9 Å². The summed E-state index contributed by atoms with van der Waals surface area (Å²) in [7, 11) is 3.11. The number of nitrogens with zero attached hydrogens (tertiary/aromatic N) is 6. The molecule has 0 bridgehead atoms. The van der Waals surface area contributed by atoms with Crippen molar-refractivity contribution in [1.82, 2.24) is 19.9 Å². The summed E-state index contributed by atoms with van der Waals surface area (Å²) in [6, 6.07) is 3.07. The number of anilines is 1. The van der Waals surface area contributed by atoms with Gasteiger partial charge in [0.1, 0.15) is 23.5 Å². The Kier molecular flexibility index (Phi) is 6.15. The van der Waals surface area contributed by atoms with Crippen molar-refractivity contribution in [2.45, 2.75) is 13.5 Å². The molecule has 1 aliphatic heterocycles. The molecule has 0 spiro atoms. The molecule has 0 aromatic carbocycles. The molecule has 1 aliphatic rings. The van der Waals surface area contributed by atoms with E-state index in [1.54, 1.807) is 25.2 Å². The smallest absolute Gasteiger partial charge is 0.287 e. The Morgan fingerprint density at radius 2 is 1.97 bits per heavy atom. The quantitative estimate of drug-likeness (QED) is 0.404. The first-order valence-corrected chi connectivity index (χ1v) is 10.7. The summed E-state index contributed by atoms with van der Waals surface area (Å²) < 4.78 is 10.6. The van der Waals surface area contributed by atoms with Gasteiger partial charge in [0.2, 0.25) is 5.88 Å². The van der Waals surface area contributed by atoms with E-state index in [0.717, 1.165) is 10.9 Å². The molecule has 1 saturated heterocycles. The zero-order valence-corrected chi connectivity index (χ0v) is 18.7. The largest absolute Gasteiger partial charge is 0.480 e. The molecular formula is C20H22N6O5S. The molecule has 4 heterocycles. The third-order valence-corrected chi connectivity index (χ3v) is 6.47. The fourth-order valence-electron chi connectivity index (χ4n) is 3.65. The Morgan fingerprint density at radius 3 is 2.56 bits per heavy atom. The summed E-state index contributed by atoms with van der Waals surface area (Å²) in [5.74, 6) is 1.54. The minimum Gasteiger partial charge on any atom is -0.480 e. The number of ether oxygens (including phenoxy) is 2. The van der Waals surface area contributed by atoms with Crippen LogP contribution in [0.1, 0.15) is 21.1 Å². The molecule has 3 aromatic heterocycles. The van der Waals surface area contributed by atoms with Crippen LogP contribution in [0.2, 0.25) is 0 Å². The number of pyridine rings is 1. The molecule has 12 heteroatoms. The van der Waals surface area contributed by atoms with Gasteiger partial charge < -0.3 is 19.3 Å². The van der Waals surface area contributed by atoms with Gasteiger partial charge >= 0.3 is 0 Å². The molecule has 1 amide bonds. The molecule has 32 heavy (non-hydrogen) atoms. The number of thiophene rings is 1. The summed E-state index contributed by atoms with van der Waals surface area (Å²) in [5.41, 5.74) is 0.755. The second kappa shape index (κ2) is 9.01. The molecule has 0 aliphatic carbocycles. The number of carbonyl (C=O) groups excluding carboxylic acids is 1. The topological polar surface area (TPSA) is 124 Å². The first kappa shape index (κ1) is 21.8. The molecule has 3 aromatic rings. The number of rotatable bonds is 6. The lowest BCUT2D eigenvalue weighted by Crippen LogP contribution is -2.49. The summed E-state index contributed by atoms with van der Waals surface area (Å²) in [6.07, 6.45) is 1.25. The van der Waals surface area contributed by atoms with Gasteiger partial charge in [0.25, 0.3) is 11.6 Å². The van der Waals surface area contributed by atoms with Gasteiger partial charge in [0.15, 0.2) is 5.82 Å². The first-order valence-electron chi connectivity index (χ1n) is 9.90. The predicted octanol–water partition coefficient (Wildman–Crippen LogP) is 2.42. The van der Waals surface area contributed by atoms with E-state index >= 15 is 0 Å². The number of aromatic nitrogens is 3. The van der Waals surface area contributed by atoms with E-state index < -0.39 is 4.92 Å². The number of methoxy groups -OCH3 is 2. The van der Waals surface area contributed by atoms with Gasteiger partial charge in [-0.3, -0.25) is 14.9 Å². The number of fused-ring (bicyclic) bond motifs is 1. The summed E-state index contributed by atoms with van der Waals surface area (Å²) in [5, 5.41) is 11.6. The highest BCUT2D eigenvalue weighted by atomic mass is 32.1. The van der Waals surface area contributed by atoms with E-state index in [-0.39, 0.29) is 18.2 Å². The number of amides is 1. The molecule has 0 unspecified atom stereocenters. The van der Waals surface area contributed by atoms with Crippen molar-refractivity contribution >= 4 is 39.0 Å². The van der Waals surface area contributed by atoms with Crippen LogP contribution in [0, 0.1) is 17.0 Å². The Labute approximate surface area is 187 Å². The molecule has 0 N–H and O–H groups in total. The van der Waals surface area contributed by atoms with E-state index in [0.29, 0.717) is 53.4 Å².